The van der Waals surface area contributed by atoms with Gasteiger partial charge in [-0.15, -0.1) is 0 Å². The molecule has 2 N–H and O–H groups in total. The Labute approximate surface area is 201 Å². The summed E-state index contributed by atoms with van der Waals surface area (Å²) < 4.78 is 6.91. The molecule has 0 aliphatic heterocycles. The van der Waals surface area contributed by atoms with Crippen LogP contribution in [0.2, 0.25) is 0 Å². The quantitative estimate of drug-likeness (QED) is 0.537. The first-order valence-corrected chi connectivity index (χ1v) is 12.1. The number of nitrogens with zero attached hydrogens (tertiary/aromatic N) is 1. The third-order valence-electron chi connectivity index (χ3n) is 6.67. The first kappa shape index (κ1) is 25.7. The highest BCUT2D eigenvalue weighted by Crippen LogP contribution is 2.35. The lowest BCUT2D eigenvalue weighted by atomic mass is 9.82. The topological polar surface area (TPSA) is 97.6 Å². The second-order valence-electron chi connectivity index (χ2n) is 9.63. The van der Waals surface area contributed by atoms with E-state index in [0.29, 0.717) is 18.4 Å². The van der Waals surface area contributed by atoms with Crippen molar-refractivity contribution >= 4 is 11.9 Å². The lowest BCUT2D eigenvalue weighted by molar-refractivity contribution is -0.138. The van der Waals surface area contributed by atoms with E-state index >= 15 is 0 Å². The SMILES string of the molecule is COC1CCC(c2cccc([C@H](CC(=O)O)NC(=O)[C@H](CC(C)C)n3ccccc3=O)c2)CC1. The van der Waals surface area contributed by atoms with E-state index in [9.17, 15) is 19.5 Å². The molecule has 1 aromatic heterocycles. The molecule has 0 saturated heterocycles. The van der Waals surface area contributed by atoms with Crippen LogP contribution < -0.4 is 10.9 Å². The smallest absolute Gasteiger partial charge is 0.305 e. The van der Waals surface area contributed by atoms with Gasteiger partial charge in [0, 0.05) is 19.4 Å². The van der Waals surface area contributed by atoms with Crippen molar-refractivity contribution in [3.05, 3.63) is 70.1 Å². The minimum Gasteiger partial charge on any atom is -0.481 e. The number of aromatic nitrogens is 1. The van der Waals surface area contributed by atoms with E-state index in [1.807, 2.05) is 32.0 Å². The third-order valence-corrected chi connectivity index (χ3v) is 6.67. The predicted octanol–water partition coefficient (Wildman–Crippen LogP) is 4.44. The van der Waals surface area contributed by atoms with Crippen molar-refractivity contribution in [2.75, 3.05) is 7.11 Å². The number of methoxy groups -OCH3 is 1. The fraction of sp³-hybridized carbons (Fsp3) is 0.519. The molecule has 2 aromatic rings. The highest BCUT2D eigenvalue weighted by Gasteiger charge is 2.28. The number of carboxylic acids is 1. The summed E-state index contributed by atoms with van der Waals surface area (Å²) in [7, 11) is 1.75. The standard InChI is InChI=1S/C27H36N2O5/c1-18(2)15-24(29-14-5-4-9-25(29)30)27(33)28-23(17-26(31)32)21-8-6-7-20(16-21)19-10-12-22(34-3)13-11-19/h4-9,14,16,18-19,22-24H,10-13,15,17H2,1-3H3,(H,28,33)(H,31,32)/t19?,22?,23-,24-/m0/s1. The molecule has 1 saturated carbocycles. The van der Waals surface area contributed by atoms with Gasteiger partial charge in [-0.05, 0) is 61.1 Å². The molecule has 34 heavy (non-hydrogen) atoms. The number of carbonyl (C=O) groups excluding carboxylic acids is 1. The average molecular weight is 469 g/mol. The number of benzene rings is 1. The van der Waals surface area contributed by atoms with Crippen LogP contribution >= 0.6 is 0 Å². The second kappa shape index (κ2) is 12.0. The second-order valence-corrected chi connectivity index (χ2v) is 9.63. The van der Waals surface area contributed by atoms with Gasteiger partial charge in [0.05, 0.1) is 18.6 Å². The molecule has 7 heteroatoms. The molecule has 3 rings (SSSR count). The zero-order valence-electron chi connectivity index (χ0n) is 20.3. The Balaban J connectivity index is 1.84. The molecule has 184 valence electrons. The number of rotatable bonds is 10. The Kier molecular flexibility index (Phi) is 9.05. The Morgan fingerprint density at radius 1 is 1.12 bits per heavy atom. The van der Waals surface area contributed by atoms with E-state index in [2.05, 4.69) is 11.4 Å². The Hall–Kier alpha value is -2.93. The zero-order chi connectivity index (χ0) is 24.7. The number of hydrogen-bond acceptors (Lipinski definition) is 4. The number of amides is 1. The van der Waals surface area contributed by atoms with Crippen molar-refractivity contribution in [2.24, 2.45) is 5.92 Å². The maximum atomic E-state index is 13.4. The van der Waals surface area contributed by atoms with E-state index < -0.39 is 18.1 Å². The minimum absolute atomic E-state index is 0.173. The zero-order valence-corrected chi connectivity index (χ0v) is 20.3. The van der Waals surface area contributed by atoms with E-state index in [0.717, 1.165) is 36.8 Å². The molecule has 0 radical (unpaired) electrons. The summed E-state index contributed by atoms with van der Waals surface area (Å²) in [5.41, 5.74) is 1.67. The normalized spacial score (nSPS) is 20.0. The molecule has 1 amide bonds. The van der Waals surface area contributed by atoms with Gasteiger partial charge in [-0.2, -0.15) is 0 Å². The van der Waals surface area contributed by atoms with Crippen molar-refractivity contribution in [1.82, 2.24) is 9.88 Å². The number of aliphatic carboxylic acids is 1. The predicted molar refractivity (Wildman–Crippen MR) is 131 cm³/mol. The van der Waals surface area contributed by atoms with Crippen molar-refractivity contribution in [1.29, 1.82) is 0 Å². The van der Waals surface area contributed by atoms with Gasteiger partial charge >= 0.3 is 5.97 Å². The number of carboxylic acid groups (broad SMARTS) is 1. The van der Waals surface area contributed by atoms with Crippen LogP contribution in [0.15, 0.2) is 53.5 Å². The number of ether oxygens (including phenoxy) is 1. The molecule has 1 aliphatic rings. The number of hydrogen-bond donors (Lipinski definition) is 2. The fourth-order valence-corrected chi connectivity index (χ4v) is 4.85. The van der Waals surface area contributed by atoms with Crippen LogP contribution in [0.4, 0.5) is 0 Å². The van der Waals surface area contributed by atoms with Crippen LogP contribution in [0.25, 0.3) is 0 Å². The van der Waals surface area contributed by atoms with Gasteiger partial charge < -0.3 is 19.7 Å². The minimum atomic E-state index is -0.992. The maximum absolute atomic E-state index is 13.4. The Morgan fingerprint density at radius 3 is 2.47 bits per heavy atom. The molecule has 0 unspecified atom stereocenters. The lowest BCUT2D eigenvalue weighted by Crippen LogP contribution is -2.40. The van der Waals surface area contributed by atoms with Crippen molar-refractivity contribution in [3.8, 4) is 0 Å². The molecule has 1 heterocycles. The largest absolute Gasteiger partial charge is 0.481 e. The maximum Gasteiger partial charge on any atom is 0.305 e. The van der Waals surface area contributed by atoms with Crippen LogP contribution in [-0.4, -0.2) is 34.8 Å². The molecular formula is C27H36N2O5. The molecular weight excluding hydrogens is 432 g/mol. The molecule has 7 nitrogen and oxygen atoms in total. The van der Waals surface area contributed by atoms with E-state index in [1.54, 1.807) is 25.4 Å². The summed E-state index contributed by atoms with van der Waals surface area (Å²) in [5.74, 6) is -0.775. The lowest BCUT2D eigenvalue weighted by Gasteiger charge is -2.29. The van der Waals surface area contributed by atoms with E-state index in [-0.39, 0.29) is 23.8 Å². The molecule has 1 aromatic carbocycles. The Bertz CT molecular complexity index is 1020. The van der Waals surface area contributed by atoms with Crippen LogP contribution in [0, 0.1) is 5.92 Å². The summed E-state index contributed by atoms with van der Waals surface area (Å²) in [5, 5.41) is 12.5. The van der Waals surface area contributed by atoms with Gasteiger partial charge in [0.2, 0.25) is 5.91 Å². The fourth-order valence-electron chi connectivity index (χ4n) is 4.85. The van der Waals surface area contributed by atoms with Crippen LogP contribution in [0.3, 0.4) is 0 Å². The number of pyridine rings is 1. The molecule has 0 spiro atoms. The molecule has 2 atom stereocenters. The van der Waals surface area contributed by atoms with Gasteiger partial charge in [-0.1, -0.05) is 44.2 Å². The molecule has 1 aliphatic carbocycles. The van der Waals surface area contributed by atoms with E-state index in [1.165, 1.54) is 10.6 Å². The van der Waals surface area contributed by atoms with Crippen molar-refractivity contribution in [3.63, 3.8) is 0 Å². The monoisotopic (exact) mass is 468 g/mol. The van der Waals surface area contributed by atoms with Gasteiger partial charge in [0.25, 0.3) is 5.56 Å². The first-order chi connectivity index (χ1) is 16.3. The summed E-state index contributed by atoms with van der Waals surface area (Å²) in [6, 6.07) is 11.3. The van der Waals surface area contributed by atoms with Crippen molar-refractivity contribution < 1.29 is 19.4 Å². The van der Waals surface area contributed by atoms with Crippen molar-refractivity contribution in [2.45, 2.75) is 76.5 Å². The summed E-state index contributed by atoms with van der Waals surface area (Å²) in [4.78, 5) is 37.5. The highest BCUT2D eigenvalue weighted by molar-refractivity contribution is 5.81. The van der Waals surface area contributed by atoms with E-state index in [4.69, 9.17) is 4.74 Å². The Morgan fingerprint density at radius 2 is 1.85 bits per heavy atom. The van der Waals surface area contributed by atoms with Crippen LogP contribution in [-0.2, 0) is 14.3 Å². The number of carbonyl (C=O) groups is 2. The third kappa shape index (κ3) is 6.79. The summed E-state index contributed by atoms with van der Waals surface area (Å²) in [6.07, 6.45) is 6.20. The van der Waals surface area contributed by atoms with Gasteiger partial charge in [0.15, 0.2) is 0 Å². The van der Waals surface area contributed by atoms with Gasteiger partial charge in [-0.25, -0.2) is 0 Å². The van der Waals surface area contributed by atoms with Crippen LogP contribution in [0.1, 0.15) is 81.5 Å². The molecule has 0 bridgehead atoms. The van der Waals surface area contributed by atoms with Crippen LogP contribution in [0.5, 0.6) is 0 Å². The number of nitrogens with one attached hydrogen (secondary N) is 1. The molecule has 1 fully saturated rings. The van der Waals surface area contributed by atoms with Gasteiger partial charge in [-0.3, -0.25) is 14.4 Å². The first-order valence-electron chi connectivity index (χ1n) is 12.1. The average Bonchev–Trinajstić information content (AvgIpc) is 2.82. The highest BCUT2D eigenvalue weighted by atomic mass is 16.5. The summed E-state index contributed by atoms with van der Waals surface area (Å²) >= 11 is 0. The summed E-state index contributed by atoms with van der Waals surface area (Å²) in [6.45, 7) is 3.98. The van der Waals surface area contributed by atoms with Gasteiger partial charge in [0.1, 0.15) is 6.04 Å².